The normalized spacial score (nSPS) is 15.3. The lowest BCUT2D eigenvalue weighted by molar-refractivity contribution is -0.142. The second kappa shape index (κ2) is 10.2. The number of benzene rings is 1. The van der Waals surface area contributed by atoms with Gasteiger partial charge in [0.2, 0.25) is 5.88 Å². The molecule has 0 unspecified atom stereocenters. The predicted molar refractivity (Wildman–Crippen MR) is 132 cm³/mol. The Morgan fingerprint density at radius 1 is 1.09 bits per heavy atom. The summed E-state index contributed by atoms with van der Waals surface area (Å²) in [6.07, 6.45) is 3.07. The minimum absolute atomic E-state index is 0.0537. The molecule has 4 heterocycles. The lowest BCUT2D eigenvalue weighted by atomic mass is 10.2. The number of pyridine rings is 2. The monoisotopic (exact) mass is 472 g/mol. The van der Waals surface area contributed by atoms with Crippen molar-refractivity contribution >= 4 is 16.8 Å². The number of aromatic nitrogens is 4. The smallest absolute Gasteiger partial charge is 0.251 e. The molecule has 1 saturated heterocycles. The third-order valence-electron chi connectivity index (χ3n) is 6.26. The van der Waals surface area contributed by atoms with E-state index in [1.165, 1.54) is 0 Å². The fraction of sp³-hybridized carbons (Fsp3) is 0.308. The first-order chi connectivity index (χ1) is 17.1. The van der Waals surface area contributed by atoms with Gasteiger partial charge in [-0.05, 0) is 43.3 Å². The third kappa shape index (κ3) is 5.31. The molecule has 0 radical (unpaired) electrons. The van der Waals surface area contributed by atoms with Crippen LogP contribution < -0.4 is 4.74 Å². The first-order valence-corrected chi connectivity index (χ1v) is 11.7. The summed E-state index contributed by atoms with van der Waals surface area (Å²) in [6.45, 7) is 5.60. The molecule has 9 heteroatoms. The van der Waals surface area contributed by atoms with Crippen LogP contribution in [-0.2, 0) is 16.1 Å². The number of methoxy groups -OCH3 is 1. The highest BCUT2D eigenvalue weighted by Gasteiger charge is 2.24. The van der Waals surface area contributed by atoms with Crippen LogP contribution in [0.2, 0.25) is 0 Å². The van der Waals surface area contributed by atoms with Crippen molar-refractivity contribution in [2.24, 2.45) is 0 Å². The summed E-state index contributed by atoms with van der Waals surface area (Å²) in [5, 5.41) is 7.89. The van der Waals surface area contributed by atoms with Gasteiger partial charge < -0.3 is 14.4 Å². The first kappa shape index (κ1) is 22.9. The lowest BCUT2D eigenvalue weighted by Crippen LogP contribution is -2.51. The Morgan fingerprint density at radius 3 is 2.66 bits per heavy atom. The van der Waals surface area contributed by atoms with E-state index in [9.17, 15) is 4.79 Å². The largest absolute Gasteiger partial charge is 0.439 e. The Kier molecular flexibility index (Phi) is 6.69. The van der Waals surface area contributed by atoms with E-state index in [2.05, 4.69) is 26.1 Å². The zero-order chi connectivity index (χ0) is 24.2. The number of rotatable bonds is 7. The molecule has 4 aromatic rings. The molecule has 35 heavy (non-hydrogen) atoms. The Morgan fingerprint density at radius 2 is 1.94 bits per heavy atom. The quantitative estimate of drug-likeness (QED) is 0.440. The van der Waals surface area contributed by atoms with Gasteiger partial charge in [0.05, 0.1) is 16.9 Å². The molecule has 3 aromatic heterocycles. The molecular formula is C26H28N6O3. The predicted octanol–water partition coefficient (Wildman–Crippen LogP) is 3.49. The van der Waals surface area contributed by atoms with Gasteiger partial charge in [-0.2, -0.15) is 5.10 Å². The number of hydrogen-bond donors (Lipinski definition) is 1. The number of amides is 1. The molecule has 180 valence electrons. The van der Waals surface area contributed by atoms with Crippen molar-refractivity contribution in [1.82, 2.24) is 30.0 Å². The lowest BCUT2D eigenvalue weighted by Gasteiger charge is -2.35. The minimum atomic E-state index is -0.394. The topological polar surface area (TPSA) is 96.5 Å². The van der Waals surface area contributed by atoms with Gasteiger partial charge in [0, 0.05) is 69.2 Å². The number of fused-ring (bicyclic) bond motifs is 1. The van der Waals surface area contributed by atoms with Crippen molar-refractivity contribution in [3.63, 3.8) is 0 Å². The van der Waals surface area contributed by atoms with E-state index >= 15 is 0 Å². The third-order valence-corrected chi connectivity index (χ3v) is 6.26. The van der Waals surface area contributed by atoms with Crippen LogP contribution in [0, 0.1) is 0 Å². The van der Waals surface area contributed by atoms with E-state index in [0.717, 1.165) is 47.5 Å². The van der Waals surface area contributed by atoms with Gasteiger partial charge in [-0.1, -0.05) is 6.07 Å². The summed E-state index contributed by atoms with van der Waals surface area (Å²) >= 11 is 0. The maximum Gasteiger partial charge on any atom is 0.251 e. The Labute approximate surface area is 203 Å². The zero-order valence-electron chi connectivity index (χ0n) is 19.8. The maximum absolute atomic E-state index is 12.3. The number of carbonyl (C=O) groups excluding carboxylic acids is 1. The van der Waals surface area contributed by atoms with Crippen LogP contribution in [0.15, 0.2) is 60.9 Å². The molecule has 0 aliphatic carbocycles. The van der Waals surface area contributed by atoms with E-state index in [0.29, 0.717) is 24.7 Å². The molecule has 1 fully saturated rings. The van der Waals surface area contributed by atoms with Crippen LogP contribution in [0.25, 0.3) is 22.2 Å². The summed E-state index contributed by atoms with van der Waals surface area (Å²) < 4.78 is 11.1. The average molecular weight is 473 g/mol. The number of ether oxygens (including phenoxy) is 2. The molecular weight excluding hydrogens is 444 g/mol. The number of nitrogens with zero attached hydrogens (tertiary/aromatic N) is 5. The van der Waals surface area contributed by atoms with E-state index in [1.54, 1.807) is 26.4 Å². The van der Waals surface area contributed by atoms with Crippen molar-refractivity contribution < 1.29 is 14.3 Å². The number of aromatic amines is 1. The van der Waals surface area contributed by atoms with E-state index in [-0.39, 0.29) is 5.91 Å². The summed E-state index contributed by atoms with van der Waals surface area (Å²) in [4.78, 5) is 25.7. The number of nitrogens with one attached hydrogen (secondary N) is 1. The van der Waals surface area contributed by atoms with E-state index in [1.807, 2.05) is 47.4 Å². The molecule has 1 aliphatic rings. The molecule has 9 nitrogen and oxygen atoms in total. The van der Waals surface area contributed by atoms with Crippen molar-refractivity contribution in [2.45, 2.75) is 19.6 Å². The van der Waals surface area contributed by atoms with Crippen LogP contribution in [0.5, 0.6) is 11.6 Å². The van der Waals surface area contributed by atoms with Gasteiger partial charge in [0.25, 0.3) is 5.91 Å². The van der Waals surface area contributed by atoms with E-state index < -0.39 is 6.10 Å². The molecule has 1 atom stereocenters. The zero-order valence-corrected chi connectivity index (χ0v) is 19.8. The SMILES string of the molecule is CO[C@@H](C)C(=O)N1CCN(Cc2ccc3cc(Oc4ccc(-c5ccn[nH]5)cn4)ccc3n2)CC1. The van der Waals surface area contributed by atoms with Gasteiger partial charge in [-0.25, -0.2) is 4.98 Å². The fourth-order valence-electron chi connectivity index (χ4n) is 4.15. The average Bonchev–Trinajstić information content (AvgIpc) is 3.44. The molecule has 1 N–H and O–H groups in total. The summed E-state index contributed by atoms with van der Waals surface area (Å²) in [6, 6.07) is 15.6. The summed E-state index contributed by atoms with van der Waals surface area (Å²) in [5.74, 6) is 1.28. The van der Waals surface area contributed by atoms with Crippen LogP contribution >= 0.6 is 0 Å². The number of hydrogen-bond acceptors (Lipinski definition) is 7. The second-order valence-corrected chi connectivity index (χ2v) is 8.59. The van der Waals surface area contributed by atoms with Gasteiger partial charge in [-0.15, -0.1) is 0 Å². The first-order valence-electron chi connectivity index (χ1n) is 11.7. The van der Waals surface area contributed by atoms with Gasteiger partial charge >= 0.3 is 0 Å². The molecule has 1 amide bonds. The van der Waals surface area contributed by atoms with Crippen LogP contribution in [-0.4, -0.2) is 75.3 Å². The van der Waals surface area contributed by atoms with Gasteiger partial charge in [0.1, 0.15) is 11.9 Å². The standard InChI is InChI=1S/C26H28N6O3/c1-18(34-2)26(33)32-13-11-31(12-14-32)17-21-5-3-19-15-22(6-7-23(19)29-21)35-25-8-4-20(16-27-25)24-9-10-28-30-24/h3-10,15-16,18H,11-14,17H2,1-2H3,(H,28,30)/t18-/m0/s1. The molecule has 0 spiro atoms. The van der Waals surface area contributed by atoms with Crippen LogP contribution in [0.3, 0.4) is 0 Å². The molecule has 0 bridgehead atoms. The molecule has 5 rings (SSSR count). The number of carbonyl (C=O) groups is 1. The summed E-state index contributed by atoms with van der Waals surface area (Å²) in [5.41, 5.74) is 3.78. The van der Waals surface area contributed by atoms with Gasteiger partial charge in [0.15, 0.2) is 0 Å². The summed E-state index contributed by atoms with van der Waals surface area (Å²) in [7, 11) is 1.57. The van der Waals surface area contributed by atoms with Crippen LogP contribution in [0.4, 0.5) is 0 Å². The fourth-order valence-corrected chi connectivity index (χ4v) is 4.15. The Bertz CT molecular complexity index is 1280. The highest BCUT2D eigenvalue weighted by molar-refractivity contribution is 5.81. The van der Waals surface area contributed by atoms with Crippen molar-refractivity contribution in [3.05, 3.63) is 66.6 Å². The Hall–Kier alpha value is -3.82. The minimum Gasteiger partial charge on any atom is -0.439 e. The van der Waals surface area contributed by atoms with Crippen molar-refractivity contribution in [1.29, 1.82) is 0 Å². The molecule has 1 aromatic carbocycles. The maximum atomic E-state index is 12.3. The highest BCUT2D eigenvalue weighted by atomic mass is 16.5. The van der Waals surface area contributed by atoms with Crippen molar-refractivity contribution in [3.8, 4) is 22.9 Å². The van der Waals surface area contributed by atoms with Gasteiger partial charge in [-0.3, -0.25) is 19.8 Å². The number of H-pyrrole nitrogens is 1. The van der Waals surface area contributed by atoms with Crippen LogP contribution in [0.1, 0.15) is 12.6 Å². The number of piperazine rings is 1. The molecule has 1 aliphatic heterocycles. The molecule has 0 saturated carbocycles. The highest BCUT2D eigenvalue weighted by Crippen LogP contribution is 2.26. The second-order valence-electron chi connectivity index (χ2n) is 8.59. The van der Waals surface area contributed by atoms with Crippen molar-refractivity contribution in [2.75, 3.05) is 33.3 Å². The Balaban J connectivity index is 1.20. The van der Waals surface area contributed by atoms with E-state index in [4.69, 9.17) is 14.5 Å².